The highest BCUT2D eigenvalue weighted by atomic mass is 16.5. The van der Waals surface area contributed by atoms with Crippen LogP contribution >= 0.6 is 0 Å². The first-order valence-corrected chi connectivity index (χ1v) is 9.70. The van der Waals surface area contributed by atoms with Crippen molar-refractivity contribution in [2.75, 3.05) is 6.61 Å². The average molecular weight is 402 g/mol. The number of para-hydroxylation sites is 1. The van der Waals surface area contributed by atoms with Gasteiger partial charge in [0.2, 0.25) is 0 Å². The minimum absolute atomic E-state index is 0.0406. The Labute approximate surface area is 173 Å². The fourth-order valence-corrected chi connectivity index (χ4v) is 3.20. The predicted molar refractivity (Wildman–Crippen MR) is 115 cm³/mol. The first-order chi connectivity index (χ1) is 14.6. The summed E-state index contributed by atoms with van der Waals surface area (Å²) in [6.45, 7) is 1.94. The zero-order valence-corrected chi connectivity index (χ0v) is 16.6. The lowest BCUT2D eigenvalue weighted by molar-refractivity contribution is 0.0880. The molecule has 0 aliphatic heterocycles. The van der Waals surface area contributed by atoms with Gasteiger partial charge in [-0.15, -0.1) is 0 Å². The van der Waals surface area contributed by atoms with Crippen molar-refractivity contribution in [1.29, 1.82) is 0 Å². The number of fused-ring (bicyclic) bond motifs is 1. The Morgan fingerprint density at radius 1 is 0.867 bits per heavy atom. The van der Waals surface area contributed by atoms with E-state index in [4.69, 9.17) is 9.47 Å². The highest BCUT2D eigenvalue weighted by molar-refractivity contribution is 5.83. The molecule has 0 spiro atoms. The van der Waals surface area contributed by atoms with Gasteiger partial charge in [0.05, 0.1) is 17.6 Å². The van der Waals surface area contributed by atoms with Gasteiger partial charge in [-0.1, -0.05) is 36.4 Å². The standard InChI is InChI=1S/C24H22N2O4/c1-17-22-9-5-6-10-23(22)24(28)26(25-17)15-18(27)16-29-19-11-13-21(14-12-19)30-20-7-3-2-4-8-20/h2-14,18,27H,15-16H2,1H3/t18-/m0/s1. The number of hydrogen-bond acceptors (Lipinski definition) is 5. The molecule has 152 valence electrons. The summed E-state index contributed by atoms with van der Waals surface area (Å²) in [5, 5.41) is 16.1. The SMILES string of the molecule is Cc1nn(C[C@H](O)COc2ccc(Oc3ccccc3)cc2)c(=O)c2ccccc12. The van der Waals surface area contributed by atoms with Crippen LogP contribution in [0.25, 0.3) is 10.8 Å². The Morgan fingerprint density at radius 2 is 1.47 bits per heavy atom. The summed E-state index contributed by atoms with van der Waals surface area (Å²) in [7, 11) is 0. The van der Waals surface area contributed by atoms with Crippen molar-refractivity contribution in [2.24, 2.45) is 0 Å². The number of ether oxygens (including phenoxy) is 2. The van der Waals surface area contributed by atoms with E-state index < -0.39 is 6.10 Å². The molecule has 4 aromatic rings. The largest absolute Gasteiger partial charge is 0.491 e. The van der Waals surface area contributed by atoms with Gasteiger partial charge in [0.1, 0.15) is 30.0 Å². The molecule has 3 aromatic carbocycles. The molecule has 1 N–H and O–H groups in total. The third-order valence-corrected chi connectivity index (χ3v) is 4.68. The van der Waals surface area contributed by atoms with Crippen LogP contribution in [0.3, 0.4) is 0 Å². The first kappa shape index (κ1) is 19.7. The topological polar surface area (TPSA) is 73.6 Å². The van der Waals surface area contributed by atoms with Gasteiger partial charge in [0, 0.05) is 5.39 Å². The quantitative estimate of drug-likeness (QED) is 0.507. The minimum atomic E-state index is -0.879. The Hall–Kier alpha value is -3.64. The first-order valence-electron chi connectivity index (χ1n) is 9.70. The van der Waals surface area contributed by atoms with Crippen LogP contribution in [0.15, 0.2) is 83.7 Å². The zero-order chi connectivity index (χ0) is 20.9. The van der Waals surface area contributed by atoms with Gasteiger partial charge < -0.3 is 14.6 Å². The van der Waals surface area contributed by atoms with Crippen molar-refractivity contribution in [3.05, 3.63) is 94.9 Å². The summed E-state index contributed by atoms with van der Waals surface area (Å²) in [6.07, 6.45) is -0.879. The summed E-state index contributed by atoms with van der Waals surface area (Å²) >= 11 is 0. The molecule has 0 amide bonds. The molecule has 30 heavy (non-hydrogen) atoms. The van der Waals surface area contributed by atoms with Crippen LogP contribution in [0.4, 0.5) is 0 Å². The maximum Gasteiger partial charge on any atom is 0.274 e. The normalized spacial score (nSPS) is 11.9. The molecular formula is C24H22N2O4. The Kier molecular flexibility index (Phi) is 5.77. The Bertz CT molecular complexity index is 1190. The van der Waals surface area contributed by atoms with Gasteiger partial charge in [-0.05, 0) is 49.4 Å². The molecule has 0 unspecified atom stereocenters. The van der Waals surface area contributed by atoms with E-state index in [1.54, 1.807) is 30.3 Å². The number of hydrogen-bond donors (Lipinski definition) is 1. The van der Waals surface area contributed by atoms with E-state index in [1.807, 2.05) is 55.5 Å². The van der Waals surface area contributed by atoms with Crippen molar-refractivity contribution in [3.8, 4) is 17.2 Å². The summed E-state index contributed by atoms with van der Waals surface area (Å²) in [4.78, 5) is 12.6. The molecule has 0 aliphatic carbocycles. The maximum atomic E-state index is 12.6. The van der Waals surface area contributed by atoms with Crippen LogP contribution in [0.5, 0.6) is 17.2 Å². The van der Waals surface area contributed by atoms with Crippen molar-refractivity contribution in [2.45, 2.75) is 19.6 Å². The third-order valence-electron chi connectivity index (χ3n) is 4.68. The molecular weight excluding hydrogens is 380 g/mol. The van der Waals surface area contributed by atoms with E-state index in [1.165, 1.54) is 4.68 Å². The smallest absolute Gasteiger partial charge is 0.274 e. The molecule has 4 rings (SSSR count). The number of benzene rings is 3. The summed E-state index contributed by atoms with van der Waals surface area (Å²) < 4.78 is 12.7. The van der Waals surface area contributed by atoms with Crippen LogP contribution in [-0.2, 0) is 6.54 Å². The van der Waals surface area contributed by atoms with Crippen LogP contribution in [0.1, 0.15) is 5.69 Å². The van der Waals surface area contributed by atoms with Crippen molar-refractivity contribution < 1.29 is 14.6 Å². The van der Waals surface area contributed by atoms with E-state index in [0.29, 0.717) is 16.9 Å². The highest BCUT2D eigenvalue weighted by Gasteiger charge is 2.12. The van der Waals surface area contributed by atoms with E-state index >= 15 is 0 Å². The Balaban J connectivity index is 1.37. The van der Waals surface area contributed by atoms with Gasteiger partial charge >= 0.3 is 0 Å². The molecule has 1 heterocycles. The summed E-state index contributed by atoms with van der Waals surface area (Å²) in [5.74, 6) is 2.05. The van der Waals surface area contributed by atoms with Gasteiger partial charge in [0.25, 0.3) is 5.56 Å². The molecule has 6 heteroatoms. The molecule has 1 atom stereocenters. The fraction of sp³-hybridized carbons (Fsp3) is 0.167. The van der Waals surface area contributed by atoms with Crippen LogP contribution < -0.4 is 15.0 Å². The number of rotatable bonds is 7. The minimum Gasteiger partial charge on any atom is -0.491 e. The number of aryl methyl sites for hydroxylation is 1. The van der Waals surface area contributed by atoms with Crippen LogP contribution in [-0.4, -0.2) is 27.6 Å². The average Bonchev–Trinajstić information content (AvgIpc) is 2.77. The number of aliphatic hydroxyl groups excluding tert-OH is 1. The molecule has 0 aliphatic rings. The van der Waals surface area contributed by atoms with Crippen molar-refractivity contribution in [3.63, 3.8) is 0 Å². The Morgan fingerprint density at radius 3 is 2.20 bits per heavy atom. The predicted octanol–water partition coefficient (Wildman–Crippen LogP) is 3.94. The molecule has 0 bridgehead atoms. The van der Waals surface area contributed by atoms with Gasteiger partial charge in [0.15, 0.2) is 0 Å². The van der Waals surface area contributed by atoms with E-state index in [9.17, 15) is 9.90 Å². The number of nitrogens with zero attached hydrogens (tertiary/aromatic N) is 2. The molecule has 0 fully saturated rings. The zero-order valence-electron chi connectivity index (χ0n) is 16.6. The number of aromatic nitrogens is 2. The summed E-state index contributed by atoms with van der Waals surface area (Å²) in [5.41, 5.74) is 0.519. The highest BCUT2D eigenvalue weighted by Crippen LogP contribution is 2.23. The summed E-state index contributed by atoms with van der Waals surface area (Å²) in [6, 6.07) is 24.0. The lowest BCUT2D eigenvalue weighted by Gasteiger charge is -2.15. The second-order valence-electron chi connectivity index (χ2n) is 6.97. The fourth-order valence-electron chi connectivity index (χ4n) is 3.20. The number of aliphatic hydroxyl groups is 1. The lowest BCUT2D eigenvalue weighted by atomic mass is 10.1. The molecule has 6 nitrogen and oxygen atoms in total. The van der Waals surface area contributed by atoms with Crippen molar-refractivity contribution >= 4 is 10.8 Å². The monoisotopic (exact) mass is 402 g/mol. The van der Waals surface area contributed by atoms with Crippen molar-refractivity contribution in [1.82, 2.24) is 9.78 Å². The van der Waals surface area contributed by atoms with Gasteiger partial charge in [-0.3, -0.25) is 4.79 Å². The van der Waals surface area contributed by atoms with Gasteiger partial charge in [-0.25, -0.2) is 4.68 Å². The van der Waals surface area contributed by atoms with Crippen LogP contribution in [0.2, 0.25) is 0 Å². The second-order valence-corrected chi connectivity index (χ2v) is 6.97. The second kappa shape index (κ2) is 8.80. The maximum absolute atomic E-state index is 12.6. The lowest BCUT2D eigenvalue weighted by Crippen LogP contribution is -2.32. The van der Waals surface area contributed by atoms with Gasteiger partial charge in [-0.2, -0.15) is 5.10 Å². The third kappa shape index (κ3) is 4.50. The van der Waals surface area contributed by atoms with E-state index in [-0.39, 0.29) is 18.7 Å². The molecule has 1 aromatic heterocycles. The molecule has 0 saturated carbocycles. The van der Waals surface area contributed by atoms with E-state index in [0.717, 1.165) is 16.8 Å². The molecule has 0 saturated heterocycles. The van der Waals surface area contributed by atoms with E-state index in [2.05, 4.69) is 5.10 Å². The van der Waals surface area contributed by atoms with Crippen LogP contribution in [0, 0.1) is 6.92 Å². The molecule has 0 radical (unpaired) electrons.